The van der Waals surface area contributed by atoms with Gasteiger partial charge >= 0.3 is 0 Å². The summed E-state index contributed by atoms with van der Waals surface area (Å²) in [5.74, 6) is 0.572. The molecule has 4 aromatic heterocycles. The van der Waals surface area contributed by atoms with Crippen LogP contribution in [0, 0.1) is 0 Å². The quantitative estimate of drug-likeness (QED) is 0.217. The van der Waals surface area contributed by atoms with Crippen LogP contribution in [0.15, 0.2) is 59.8 Å². The fraction of sp³-hybridized carbons (Fsp3) is 0.160. The second kappa shape index (κ2) is 8.13. The van der Waals surface area contributed by atoms with Crippen LogP contribution >= 0.6 is 22.4 Å². The third-order valence-corrected chi connectivity index (χ3v) is 8.93. The van der Waals surface area contributed by atoms with E-state index in [9.17, 15) is 9.11 Å². The predicted octanol–water partition coefficient (Wildman–Crippen LogP) is 5.82. The van der Waals surface area contributed by atoms with E-state index in [2.05, 4.69) is 19.9 Å². The van der Waals surface area contributed by atoms with Gasteiger partial charge in [0.1, 0.15) is 11.0 Å². The van der Waals surface area contributed by atoms with Gasteiger partial charge in [0, 0.05) is 47.2 Å². The van der Waals surface area contributed by atoms with Gasteiger partial charge in [-0.1, -0.05) is 11.6 Å². The van der Waals surface area contributed by atoms with E-state index in [1.54, 1.807) is 28.8 Å². The van der Waals surface area contributed by atoms with Gasteiger partial charge in [0.05, 0.1) is 45.7 Å². The Bertz CT molecular complexity index is 1720. The number of hydrogen-bond acceptors (Lipinski definition) is 7. The molecule has 0 atom stereocenters. The SMILES string of the molecule is OS(O)(c1ccc2[nH]c(Cl)c(-c3nc4c5cccnc5c5ncccc5c4[nH]3)c2c1)N1CCOCC1. The first-order chi connectivity index (χ1) is 17.5. The molecule has 1 fully saturated rings. The lowest BCUT2D eigenvalue weighted by Crippen LogP contribution is -2.38. The predicted molar refractivity (Wildman–Crippen MR) is 143 cm³/mol. The number of ether oxygens (including phenoxy) is 1. The van der Waals surface area contributed by atoms with E-state index >= 15 is 0 Å². The van der Waals surface area contributed by atoms with E-state index in [1.165, 1.54) is 0 Å². The molecule has 1 aliphatic heterocycles. The molecule has 0 aliphatic carbocycles. The minimum Gasteiger partial charge on any atom is -0.379 e. The largest absolute Gasteiger partial charge is 0.379 e. The monoisotopic (exact) mass is 520 g/mol. The van der Waals surface area contributed by atoms with Crippen molar-refractivity contribution in [1.82, 2.24) is 29.2 Å². The molecule has 4 N–H and O–H groups in total. The molecule has 0 radical (unpaired) electrons. The number of nitrogens with one attached hydrogen (secondary N) is 2. The highest BCUT2D eigenvalue weighted by Gasteiger charge is 2.28. The maximum atomic E-state index is 11.1. The van der Waals surface area contributed by atoms with Gasteiger partial charge < -0.3 is 14.7 Å². The zero-order valence-corrected chi connectivity index (χ0v) is 20.5. The number of H-pyrrole nitrogens is 2. The average molecular weight is 521 g/mol. The highest BCUT2D eigenvalue weighted by molar-refractivity contribution is 8.22. The Morgan fingerprint density at radius 3 is 2.39 bits per heavy atom. The van der Waals surface area contributed by atoms with Crippen LogP contribution in [-0.4, -0.2) is 64.6 Å². The van der Waals surface area contributed by atoms with Gasteiger partial charge in [-0.3, -0.25) is 19.1 Å². The van der Waals surface area contributed by atoms with E-state index < -0.39 is 10.8 Å². The van der Waals surface area contributed by atoms with Crippen molar-refractivity contribution < 1.29 is 13.8 Å². The molecular formula is C25H21ClN6O3S. The Labute approximate surface area is 211 Å². The van der Waals surface area contributed by atoms with Gasteiger partial charge in [-0.05, 0) is 42.5 Å². The molecule has 0 saturated carbocycles. The standard InChI is InChI=1S/C25H21ClN6O3S/c26-24-19(17-13-14(5-6-18(17)29-24)36(33,34)32-9-11-35-12-10-32)25-30-22-15-3-1-7-27-20(15)21-16(23(22)31-25)4-2-8-28-21/h1-8,13,29,33-34H,9-12H2,(H,30,31). The van der Waals surface area contributed by atoms with E-state index in [-0.39, 0.29) is 0 Å². The molecule has 5 heterocycles. The number of aromatic amines is 2. The molecule has 0 bridgehead atoms. The van der Waals surface area contributed by atoms with E-state index in [4.69, 9.17) is 21.3 Å². The highest BCUT2D eigenvalue weighted by Crippen LogP contribution is 2.53. The number of benzene rings is 2. The zero-order valence-electron chi connectivity index (χ0n) is 18.9. The molecule has 6 aromatic rings. The van der Waals surface area contributed by atoms with Crippen molar-refractivity contribution in [2.75, 3.05) is 26.3 Å². The second-order valence-corrected chi connectivity index (χ2v) is 11.1. The van der Waals surface area contributed by atoms with Crippen molar-refractivity contribution in [1.29, 1.82) is 0 Å². The van der Waals surface area contributed by atoms with Crippen molar-refractivity contribution in [2.45, 2.75) is 4.90 Å². The average Bonchev–Trinajstić information content (AvgIpc) is 3.49. The second-order valence-electron chi connectivity index (χ2n) is 8.69. The Hall–Kier alpha value is -3.25. The van der Waals surface area contributed by atoms with Crippen LogP contribution in [-0.2, 0) is 4.74 Å². The van der Waals surface area contributed by atoms with Gasteiger partial charge in [-0.25, -0.2) is 4.98 Å². The van der Waals surface area contributed by atoms with Crippen molar-refractivity contribution >= 4 is 66.1 Å². The van der Waals surface area contributed by atoms with Gasteiger partial charge in [0.2, 0.25) is 0 Å². The molecular weight excluding hydrogens is 500 g/mol. The van der Waals surface area contributed by atoms with E-state index in [0.717, 1.165) is 43.7 Å². The Morgan fingerprint density at radius 2 is 1.61 bits per heavy atom. The normalized spacial score (nSPS) is 16.0. The summed E-state index contributed by atoms with van der Waals surface area (Å²) in [5, 5.41) is 2.96. The maximum absolute atomic E-state index is 11.1. The number of rotatable bonds is 3. The van der Waals surface area contributed by atoms with Crippen LogP contribution in [0.4, 0.5) is 0 Å². The summed E-state index contributed by atoms with van der Waals surface area (Å²) in [7, 11) is -3.18. The van der Waals surface area contributed by atoms with E-state index in [0.29, 0.717) is 47.7 Å². The summed E-state index contributed by atoms with van der Waals surface area (Å²) in [6.45, 7) is 1.83. The van der Waals surface area contributed by atoms with Crippen molar-refractivity contribution in [3.05, 3.63) is 60.0 Å². The highest BCUT2D eigenvalue weighted by atomic mass is 35.5. The Morgan fingerprint density at radius 1 is 0.889 bits per heavy atom. The third kappa shape index (κ3) is 3.23. The fourth-order valence-corrected chi connectivity index (χ4v) is 6.73. The lowest BCUT2D eigenvalue weighted by atomic mass is 10.1. The molecule has 0 spiro atoms. The molecule has 182 valence electrons. The molecule has 7 rings (SSSR count). The molecule has 9 nitrogen and oxygen atoms in total. The number of nitrogens with zero attached hydrogens (tertiary/aromatic N) is 4. The van der Waals surface area contributed by atoms with Crippen LogP contribution < -0.4 is 0 Å². The molecule has 11 heteroatoms. The number of morpholine rings is 1. The zero-order chi connectivity index (χ0) is 24.4. The maximum Gasteiger partial charge on any atom is 0.142 e. The van der Waals surface area contributed by atoms with Crippen LogP contribution in [0.25, 0.3) is 55.1 Å². The molecule has 0 amide bonds. The summed E-state index contributed by atoms with van der Waals surface area (Å²) in [6.07, 6.45) is 3.51. The number of aromatic nitrogens is 5. The van der Waals surface area contributed by atoms with Crippen molar-refractivity contribution in [2.24, 2.45) is 0 Å². The third-order valence-electron chi connectivity index (χ3n) is 6.68. The van der Waals surface area contributed by atoms with Crippen LogP contribution in [0.5, 0.6) is 0 Å². The topological polar surface area (TPSA) is 123 Å². The van der Waals surface area contributed by atoms with E-state index in [1.807, 2.05) is 30.3 Å². The van der Waals surface area contributed by atoms with Gasteiger partial charge in [0.15, 0.2) is 0 Å². The molecule has 1 aliphatic rings. The first-order valence-electron chi connectivity index (χ1n) is 11.5. The number of imidazole rings is 1. The Balaban J connectivity index is 1.45. The number of pyridine rings is 2. The van der Waals surface area contributed by atoms with Crippen molar-refractivity contribution in [3.63, 3.8) is 0 Å². The summed E-state index contributed by atoms with van der Waals surface area (Å²) >= 11 is 6.70. The van der Waals surface area contributed by atoms with Gasteiger partial charge in [-0.15, -0.1) is 10.8 Å². The number of hydrogen-bond donors (Lipinski definition) is 4. The Kier molecular flexibility index (Phi) is 4.97. The summed E-state index contributed by atoms with van der Waals surface area (Å²) in [5.41, 5.74) is 4.62. The number of fused-ring (bicyclic) bond motifs is 7. The summed E-state index contributed by atoms with van der Waals surface area (Å²) in [6, 6.07) is 13.1. The minimum atomic E-state index is -3.18. The lowest BCUT2D eigenvalue weighted by molar-refractivity contribution is 0.0685. The first-order valence-corrected chi connectivity index (χ1v) is 13.3. The van der Waals surface area contributed by atoms with Crippen LogP contribution in [0.1, 0.15) is 0 Å². The number of halogens is 1. The smallest absolute Gasteiger partial charge is 0.142 e. The molecule has 1 saturated heterocycles. The molecule has 0 unspecified atom stereocenters. The lowest BCUT2D eigenvalue weighted by Gasteiger charge is -2.44. The molecule has 2 aromatic carbocycles. The van der Waals surface area contributed by atoms with Crippen LogP contribution in [0.2, 0.25) is 5.15 Å². The fourth-order valence-electron chi connectivity index (χ4n) is 4.95. The van der Waals surface area contributed by atoms with Crippen LogP contribution in [0.3, 0.4) is 0 Å². The minimum absolute atomic E-state index is 0.411. The summed E-state index contributed by atoms with van der Waals surface area (Å²) in [4.78, 5) is 21.2. The summed E-state index contributed by atoms with van der Waals surface area (Å²) < 4.78 is 29.3. The van der Waals surface area contributed by atoms with Gasteiger partial charge in [0.25, 0.3) is 0 Å². The van der Waals surface area contributed by atoms with Gasteiger partial charge in [-0.2, -0.15) is 4.31 Å². The molecule has 36 heavy (non-hydrogen) atoms. The van der Waals surface area contributed by atoms with Crippen molar-refractivity contribution in [3.8, 4) is 11.4 Å². The first kappa shape index (κ1) is 22.0.